The number of carbonyl (C=O) groups excluding carboxylic acids is 4. The van der Waals surface area contributed by atoms with E-state index in [4.69, 9.17) is 32.7 Å². The van der Waals surface area contributed by atoms with Crippen molar-refractivity contribution in [3.05, 3.63) is 88.4 Å². The Hall–Kier alpha value is -4.08. The Morgan fingerprint density at radius 2 is 1.65 bits per heavy atom. The highest BCUT2D eigenvalue weighted by atomic mass is 35.5. The summed E-state index contributed by atoms with van der Waals surface area (Å²) in [7, 11) is 0. The van der Waals surface area contributed by atoms with Crippen LogP contribution in [0.4, 0.5) is 5.69 Å². The molecule has 190 valence electrons. The van der Waals surface area contributed by atoms with Gasteiger partial charge in [0.15, 0.2) is 6.61 Å². The van der Waals surface area contributed by atoms with Crippen LogP contribution < -0.4 is 15.5 Å². The number of ether oxygens (including phenoxy) is 2. The van der Waals surface area contributed by atoms with E-state index in [0.717, 1.165) is 5.01 Å². The second-order valence-electron chi connectivity index (χ2n) is 8.07. The number of rotatable bonds is 8. The van der Waals surface area contributed by atoms with Crippen molar-refractivity contribution in [2.24, 2.45) is 5.92 Å². The highest BCUT2D eigenvalue weighted by Gasteiger charge is 2.37. The lowest BCUT2D eigenvalue weighted by Gasteiger charge is -2.18. The van der Waals surface area contributed by atoms with E-state index in [-0.39, 0.29) is 23.6 Å². The summed E-state index contributed by atoms with van der Waals surface area (Å²) in [6.45, 7) is -0.627. The first-order chi connectivity index (χ1) is 17.8. The summed E-state index contributed by atoms with van der Waals surface area (Å²) in [6.07, 6.45) is -0.169. The number of nitrogens with zero attached hydrogens (tertiary/aromatic N) is 1. The molecule has 37 heavy (non-hydrogen) atoms. The molecular weight excluding hydrogens is 521 g/mol. The van der Waals surface area contributed by atoms with Gasteiger partial charge in [0.25, 0.3) is 11.8 Å². The predicted octanol–water partition coefficient (Wildman–Crippen LogP) is 4.46. The first-order valence-electron chi connectivity index (χ1n) is 11.1. The van der Waals surface area contributed by atoms with Crippen LogP contribution >= 0.6 is 23.2 Å². The van der Waals surface area contributed by atoms with Crippen LogP contribution in [0.15, 0.2) is 72.8 Å². The second-order valence-corrected chi connectivity index (χ2v) is 8.91. The van der Waals surface area contributed by atoms with Gasteiger partial charge in [0, 0.05) is 17.1 Å². The van der Waals surface area contributed by atoms with E-state index in [1.165, 1.54) is 18.2 Å². The number of halogens is 2. The molecule has 1 aliphatic heterocycles. The van der Waals surface area contributed by atoms with Crippen molar-refractivity contribution in [1.82, 2.24) is 10.4 Å². The maximum Gasteiger partial charge on any atom is 0.311 e. The second kappa shape index (κ2) is 11.8. The fourth-order valence-corrected chi connectivity index (χ4v) is 4.01. The zero-order valence-corrected chi connectivity index (χ0v) is 20.8. The van der Waals surface area contributed by atoms with Crippen molar-refractivity contribution in [3.8, 4) is 11.5 Å². The van der Waals surface area contributed by atoms with Crippen molar-refractivity contribution in [1.29, 1.82) is 0 Å². The van der Waals surface area contributed by atoms with Crippen molar-refractivity contribution in [3.63, 3.8) is 0 Å². The van der Waals surface area contributed by atoms with Gasteiger partial charge in [0.05, 0.1) is 23.0 Å². The molecule has 11 heteroatoms. The van der Waals surface area contributed by atoms with E-state index in [0.29, 0.717) is 22.2 Å². The zero-order valence-electron chi connectivity index (χ0n) is 19.3. The van der Waals surface area contributed by atoms with Crippen molar-refractivity contribution in [2.45, 2.75) is 6.42 Å². The van der Waals surface area contributed by atoms with Crippen molar-refractivity contribution >= 4 is 52.6 Å². The molecular formula is C26H21Cl2N3O6. The Labute approximate surface area is 222 Å². The Kier molecular flexibility index (Phi) is 8.27. The molecule has 0 radical (unpaired) electrons. The highest BCUT2D eigenvalue weighted by Crippen LogP contribution is 2.24. The summed E-state index contributed by atoms with van der Waals surface area (Å²) >= 11 is 11.9. The molecule has 9 nitrogen and oxygen atoms in total. The third kappa shape index (κ3) is 6.99. The lowest BCUT2D eigenvalue weighted by molar-refractivity contribution is -0.151. The SMILES string of the molecule is O=C(COC(=O)[C@@H]1CC(=O)N(NC(=O)c2ccc(Cl)cc2Cl)C1)Nc1ccc(Oc2ccccc2)cc1. The number of para-hydroxylation sites is 1. The third-order valence-electron chi connectivity index (χ3n) is 5.33. The highest BCUT2D eigenvalue weighted by molar-refractivity contribution is 6.36. The Morgan fingerprint density at radius 3 is 2.35 bits per heavy atom. The minimum Gasteiger partial charge on any atom is -0.457 e. The summed E-state index contributed by atoms with van der Waals surface area (Å²) in [4.78, 5) is 49.4. The largest absolute Gasteiger partial charge is 0.457 e. The predicted molar refractivity (Wildman–Crippen MR) is 136 cm³/mol. The maximum absolute atomic E-state index is 12.4. The lowest BCUT2D eigenvalue weighted by atomic mass is 10.1. The average molecular weight is 542 g/mol. The molecule has 0 bridgehead atoms. The number of nitrogens with one attached hydrogen (secondary N) is 2. The summed E-state index contributed by atoms with van der Waals surface area (Å²) in [5.41, 5.74) is 3.05. The Bertz CT molecular complexity index is 1320. The first-order valence-corrected chi connectivity index (χ1v) is 11.9. The molecule has 2 N–H and O–H groups in total. The van der Waals surface area contributed by atoms with E-state index in [9.17, 15) is 19.2 Å². The van der Waals surface area contributed by atoms with Crippen LogP contribution in [0, 0.1) is 5.92 Å². The molecule has 0 saturated carbocycles. The summed E-state index contributed by atoms with van der Waals surface area (Å²) in [6, 6.07) is 20.3. The van der Waals surface area contributed by atoms with Gasteiger partial charge in [-0.2, -0.15) is 0 Å². The minimum absolute atomic E-state index is 0.0981. The summed E-state index contributed by atoms with van der Waals surface area (Å²) < 4.78 is 10.8. The number of carbonyl (C=O) groups is 4. The molecule has 3 amide bonds. The van der Waals surface area contributed by atoms with Crippen LogP contribution in [-0.2, 0) is 19.1 Å². The fourth-order valence-electron chi connectivity index (χ4n) is 3.51. The smallest absolute Gasteiger partial charge is 0.311 e. The number of hydrogen-bond donors (Lipinski definition) is 2. The standard InChI is InChI=1S/C26H21Cl2N3O6/c27-17-6-11-21(22(28)13-17)25(34)30-31-14-16(12-24(31)33)26(35)36-15-23(32)29-18-7-9-20(10-8-18)37-19-4-2-1-3-5-19/h1-11,13,16H,12,14-15H2,(H,29,32)(H,30,34)/t16-/m1/s1. The average Bonchev–Trinajstić information content (AvgIpc) is 3.24. The van der Waals surface area contributed by atoms with Gasteiger partial charge in [-0.15, -0.1) is 0 Å². The van der Waals surface area contributed by atoms with Crippen LogP contribution in [0.25, 0.3) is 0 Å². The van der Waals surface area contributed by atoms with Crippen LogP contribution in [-0.4, -0.2) is 41.9 Å². The van der Waals surface area contributed by atoms with Gasteiger partial charge in [-0.05, 0) is 54.6 Å². The molecule has 1 fully saturated rings. The van der Waals surface area contributed by atoms with Crippen LogP contribution in [0.5, 0.6) is 11.5 Å². The van der Waals surface area contributed by atoms with Gasteiger partial charge in [-0.3, -0.25) is 29.6 Å². The van der Waals surface area contributed by atoms with Gasteiger partial charge in [-0.1, -0.05) is 41.4 Å². The van der Waals surface area contributed by atoms with Gasteiger partial charge < -0.3 is 14.8 Å². The van der Waals surface area contributed by atoms with Crippen LogP contribution in [0.2, 0.25) is 10.0 Å². The molecule has 0 aliphatic carbocycles. The normalized spacial score (nSPS) is 14.7. The maximum atomic E-state index is 12.4. The quantitative estimate of drug-likeness (QED) is 0.407. The van der Waals surface area contributed by atoms with E-state index in [1.807, 2.05) is 30.3 Å². The number of amides is 3. The van der Waals surface area contributed by atoms with E-state index < -0.39 is 36.2 Å². The number of benzene rings is 3. The number of hydrogen-bond acceptors (Lipinski definition) is 6. The first kappa shape index (κ1) is 26.0. The summed E-state index contributed by atoms with van der Waals surface area (Å²) in [5.74, 6) is -1.92. The molecule has 1 aliphatic rings. The van der Waals surface area contributed by atoms with Crippen molar-refractivity contribution < 1.29 is 28.7 Å². The Morgan fingerprint density at radius 1 is 0.946 bits per heavy atom. The van der Waals surface area contributed by atoms with E-state index in [1.54, 1.807) is 24.3 Å². The third-order valence-corrected chi connectivity index (χ3v) is 5.88. The molecule has 1 saturated heterocycles. The minimum atomic E-state index is -0.837. The van der Waals surface area contributed by atoms with E-state index >= 15 is 0 Å². The molecule has 0 unspecified atom stereocenters. The van der Waals surface area contributed by atoms with Crippen LogP contribution in [0.1, 0.15) is 16.8 Å². The molecule has 1 atom stereocenters. The number of anilines is 1. The van der Waals surface area contributed by atoms with Gasteiger partial charge in [0.2, 0.25) is 5.91 Å². The molecule has 0 aromatic heterocycles. The molecule has 3 aromatic carbocycles. The number of hydrazine groups is 1. The van der Waals surface area contributed by atoms with Crippen molar-refractivity contribution in [2.75, 3.05) is 18.5 Å². The van der Waals surface area contributed by atoms with Gasteiger partial charge in [0.1, 0.15) is 11.5 Å². The topological polar surface area (TPSA) is 114 Å². The zero-order chi connectivity index (χ0) is 26.4. The molecule has 4 rings (SSSR count). The number of esters is 1. The van der Waals surface area contributed by atoms with Gasteiger partial charge in [-0.25, -0.2) is 0 Å². The molecule has 0 spiro atoms. The summed E-state index contributed by atoms with van der Waals surface area (Å²) in [5, 5.41) is 4.13. The Balaban J connectivity index is 1.23. The van der Waals surface area contributed by atoms with Gasteiger partial charge >= 0.3 is 5.97 Å². The van der Waals surface area contributed by atoms with Crippen LogP contribution in [0.3, 0.4) is 0 Å². The molecule has 1 heterocycles. The monoisotopic (exact) mass is 541 g/mol. The van der Waals surface area contributed by atoms with E-state index in [2.05, 4.69) is 10.7 Å². The molecule has 3 aromatic rings. The lowest BCUT2D eigenvalue weighted by Crippen LogP contribution is -2.43. The fraction of sp³-hybridized carbons (Fsp3) is 0.154.